The maximum Gasteiger partial charge on any atom is 0.212 e. The lowest BCUT2D eigenvalue weighted by Gasteiger charge is -2.10. The molecule has 5 heteroatoms. The van der Waals surface area contributed by atoms with Gasteiger partial charge in [-0.1, -0.05) is 43.0 Å². The Morgan fingerprint density at radius 3 is 2.52 bits per heavy atom. The van der Waals surface area contributed by atoms with Crippen molar-refractivity contribution in [1.29, 1.82) is 0 Å². The Hall–Kier alpha value is -2.40. The van der Waals surface area contributed by atoms with E-state index in [1.54, 1.807) is 13.0 Å². The van der Waals surface area contributed by atoms with Crippen molar-refractivity contribution < 1.29 is 14.3 Å². The first-order valence-corrected chi connectivity index (χ1v) is 9.96. The van der Waals surface area contributed by atoms with E-state index < -0.39 is 0 Å². The smallest absolute Gasteiger partial charge is 0.212 e. The molecule has 0 aliphatic rings. The summed E-state index contributed by atoms with van der Waals surface area (Å²) in [4.78, 5) is 27.3. The molecule has 1 aromatic carbocycles. The zero-order valence-corrected chi connectivity index (χ0v) is 16.6. The highest BCUT2D eigenvalue weighted by molar-refractivity contribution is 8.15. The third-order valence-corrected chi connectivity index (χ3v) is 4.95. The molecule has 0 aliphatic carbocycles. The Labute approximate surface area is 165 Å². The van der Waals surface area contributed by atoms with Crippen LogP contribution in [0.25, 0.3) is 0 Å². The molecule has 4 nitrogen and oxygen atoms in total. The molecule has 0 saturated carbocycles. The van der Waals surface area contributed by atoms with Gasteiger partial charge >= 0.3 is 0 Å². The third-order valence-electron chi connectivity index (χ3n) is 4.00. The average Bonchev–Trinajstić information content (AvgIpc) is 2.69. The number of rotatable bonds is 10. The maximum atomic E-state index is 11.6. The van der Waals surface area contributed by atoms with Crippen LogP contribution in [0.2, 0.25) is 0 Å². The van der Waals surface area contributed by atoms with E-state index in [2.05, 4.69) is 18.0 Å². The number of thioether (sulfide) groups is 1. The molecule has 1 aromatic heterocycles. The third kappa shape index (κ3) is 7.39. The number of benzene rings is 1. The molecule has 0 aliphatic heterocycles. The molecule has 142 valence electrons. The maximum absolute atomic E-state index is 11.6. The summed E-state index contributed by atoms with van der Waals surface area (Å²) in [6, 6.07) is 11.8. The highest BCUT2D eigenvalue weighted by atomic mass is 32.2. The van der Waals surface area contributed by atoms with Crippen molar-refractivity contribution in [2.24, 2.45) is 0 Å². The van der Waals surface area contributed by atoms with Gasteiger partial charge in [-0.25, -0.2) is 0 Å². The Kier molecular flexibility index (Phi) is 8.78. The van der Waals surface area contributed by atoms with E-state index in [-0.39, 0.29) is 10.4 Å². The standard InChI is InChI=1S/C22H25NO3S/c1-3-5-22(25)27-21(16-24)14-18-7-10-20(11-8-18)26-13-12-19-9-6-17(4-2)15-23-19/h3,5-11,15-16,21H,4,12-14H2,1-2H3/b5-3-. The average molecular weight is 384 g/mol. The van der Waals surface area contributed by atoms with Crippen LogP contribution in [0.4, 0.5) is 0 Å². The van der Waals surface area contributed by atoms with E-state index in [0.29, 0.717) is 13.0 Å². The van der Waals surface area contributed by atoms with Crippen molar-refractivity contribution in [1.82, 2.24) is 4.98 Å². The van der Waals surface area contributed by atoms with Gasteiger partial charge in [-0.05, 0) is 55.2 Å². The molecule has 0 saturated heterocycles. The Balaban J connectivity index is 1.81. The van der Waals surface area contributed by atoms with Crippen LogP contribution in [0.1, 0.15) is 30.7 Å². The summed E-state index contributed by atoms with van der Waals surface area (Å²) in [6.07, 6.45) is 8.15. The predicted molar refractivity (Wildman–Crippen MR) is 110 cm³/mol. The van der Waals surface area contributed by atoms with Crippen LogP contribution in [-0.2, 0) is 28.9 Å². The Morgan fingerprint density at radius 1 is 1.19 bits per heavy atom. The quantitative estimate of drug-likeness (QED) is 0.454. The number of aryl methyl sites for hydroxylation is 1. The molecule has 1 unspecified atom stereocenters. The number of pyridine rings is 1. The lowest BCUT2D eigenvalue weighted by Crippen LogP contribution is -2.11. The molecular weight excluding hydrogens is 358 g/mol. The molecule has 2 aromatic rings. The second-order valence-electron chi connectivity index (χ2n) is 6.07. The molecule has 2 rings (SSSR count). The molecule has 0 amide bonds. The molecule has 27 heavy (non-hydrogen) atoms. The van der Waals surface area contributed by atoms with Crippen molar-refractivity contribution in [3.05, 3.63) is 71.6 Å². The van der Waals surface area contributed by atoms with Gasteiger partial charge in [-0.2, -0.15) is 0 Å². The molecule has 0 radical (unpaired) electrons. The van der Waals surface area contributed by atoms with Gasteiger partial charge in [0.1, 0.15) is 12.0 Å². The molecule has 0 N–H and O–H groups in total. The summed E-state index contributed by atoms with van der Waals surface area (Å²) < 4.78 is 5.77. The number of carbonyl (C=O) groups excluding carboxylic acids is 2. The fourth-order valence-electron chi connectivity index (χ4n) is 2.48. The fraction of sp³-hybridized carbons (Fsp3) is 0.318. The number of aldehydes is 1. The first kappa shape index (κ1) is 20.9. The van der Waals surface area contributed by atoms with E-state index in [9.17, 15) is 9.59 Å². The number of nitrogens with zero attached hydrogens (tertiary/aromatic N) is 1. The summed E-state index contributed by atoms with van der Waals surface area (Å²) in [5.41, 5.74) is 3.24. The number of hydrogen-bond acceptors (Lipinski definition) is 5. The van der Waals surface area contributed by atoms with Crippen LogP contribution in [0, 0.1) is 0 Å². The zero-order chi connectivity index (χ0) is 19.5. The molecule has 1 atom stereocenters. The van der Waals surface area contributed by atoms with Gasteiger partial charge in [0.15, 0.2) is 0 Å². The summed E-state index contributed by atoms with van der Waals surface area (Å²) in [5.74, 6) is 0.782. The normalized spacial score (nSPS) is 12.1. The van der Waals surface area contributed by atoms with Gasteiger partial charge in [0, 0.05) is 18.3 Å². The van der Waals surface area contributed by atoms with Crippen LogP contribution in [0.15, 0.2) is 54.7 Å². The van der Waals surface area contributed by atoms with Crippen molar-refractivity contribution in [2.45, 2.75) is 38.4 Å². The fourth-order valence-corrected chi connectivity index (χ4v) is 3.33. The van der Waals surface area contributed by atoms with E-state index in [0.717, 1.165) is 47.9 Å². The van der Waals surface area contributed by atoms with Gasteiger partial charge in [0.2, 0.25) is 5.12 Å². The number of aromatic nitrogens is 1. The first-order chi connectivity index (χ1) is 13.1. The van der Waals surface area contributed by atoms with Gasteiger partial charge in [0.25, 0.3) is 0 Å². The zero-order valence-electron chi connectivity index (χ0n) is 15.8. The topological polar surface area (TPSA) is 56.3 Å². The van der Waals surface area contributed by atoms with Crippen LogP contribution in [0.5, 0.6) is 5.75 Å². The highest BCUT2D eigenvalue weighted by Gasteiger charge is 2.13. The highest BCUT2D eigenvalue weighted by Crippen LogP contribution is 2.19. The number of allylic oxidation sites excluding steroid dienone is 1. The van der Waals surface area contributed by atoms with Crippen LogP contribution < -0.4 is 4.74 Å². The van der Waals surface area contributed by atoms with Crippen molar-refractivity contribution in [3.63, 3.8) is 0 Å². The Morgan fingerprint density at radius 2 is 1.93 bits per heavy atom. The van der Waals surface area contributed by atoms with Gasteiger partial charge in [-0.15, -0.1) is 0 Å². The predicted octanol–water partition coefficient (Wildman–Crippen LogP) is 4.21. The molecule has 0 bridgehead atoms. The number of ether oxygens (including phenoxy) is 1. The largest absolute Gasteiger partial charge is 0.493 e. The number of hydrogen-bond donors (Lipinski definition) is 0. The van der Waals surface area contributed by atoms with Crippen LogP contribution in [-0.4, -0.2) is 28.2 Å². The molecule has 1 heterocycles. The summed E-state index contributed by atoms with van der Waals surface area (Å²) in [7, 11) is 0. The molecule has 0 fully saturated rings. The minimum Gasteiger partial charge on any atom is -0.493 e. The monoisotopic (exact) mass is 383 g/mol. The van der Waals surface area contributed by atoms with Crippen molar-refractivity contribution in [3.8, 4) is 5.75 Å². The van der Waals surface area contributed by atoms with Gasteiger partial charge < -0.3 is 9.53 Å². The lowest BCUT2D eigenvalue weighted by atomic mass is 10.1. The summed E-state index contributed by atoms with van der Waals surface area (Å²) >= 11 is 1.05. The van der Waals surface area contributed by atoms with Crippen molar-refractivity contribution >= 4 is 23.2 Å². The summed E-state index contributed by atoms with van der Waals surface area (Å²) in [5, 5.41) is -0.479. The van der Waals surface area contributed by atoms with E-state index in [1.165, 1.54) is 11.6 Å². The van der Waals surface area contributed by atoms with E-state index in [4.69, 9.17) is 4.74 Å². The van der Waals surface area contributed by atoms with Crippen LogP contribution in [0.3, 0.4) is 0 Å². The lowest BCUT2D eigenvalue weighted by molar-refractivity contribution is -0.109. The summed E-state index contributed by atoms with van der Waals surface area (Å²) in [6.45, 7) is 4.45. The second-order valence-corrected chi connectivity index (χ2v) is 7.31. The van der Waals surface area contributed by atoms with Crippen LogP contribution >= 0.6 is 11.8 Å². The second kappa shape index (κ2) is 11.3. The van der Waals surface area contributed by atoms with Gasteiger partial charge in [-0.3, -0.25) is 9.78 Å². The minimum atomic E-state index is -0.377. The SMILES string of the molecule is C/C=C\C(=O)SC(C=O)Cc1ccc(OCCc2ccc(CC)cn2)cc1. The van der Waals surface area contributed by atoms with E-state index in [1.807, 2.05) is 36.5 Å². The molecular formula is C22H25NO3S. The van der Waals surface area contributed by atoms with Gasteiger partial charge in [0.05, 0.1) is 11.9 Å². The Bertz CT molecular complexity index is 754. The number of carbonyl (C=O) groups is 2. The van der Waals surface area contributed by atoms with Crippen molar-refractivity contribution in [2.75, 3.05) is 6.61 Å². The minimum absolute atomic E-state index is 0.102. The first-order valence-electron chi connectivity index (χ1n) is 9.08. The van der Waals surface area contributed by atoms with E-state index >= 15 is 0 Å². The molecule has 0 spiro atoms.